The number of carbonyl (C=O) groups excluding carboxylic acids is 1. The van der Waals surface area contributed by atoms with Gasteiger partial charge in [-0.2, -0.15) is 0 Å². The minimum Gasteiger partial charge on any atom is -0.436 e. The van der Waals surface area contributed by atoms with Gasteiger partial charge in [-0.1, -0.05) is 17.7 Å². The highest BCUT2D eigenvalue weighted by Gasteiger charge is 2.10. The first kappa shape index (κ1) is 10.7. The monoisotopic (exact) mass is 236 g/mol. The first-order valence-corrected chi connectivity index (χ1v) is 5.02. The summed E-state index contributed by atoms with van der Waals surface area (Å²) in [5, 5.41) is 3.22. The third-order valence-electron chi connectivity index (χ3n) is 1.93. The molecule has 0 unspecified atom stereocenters. The Labute approximate surface area is 97.2 Å². The van der Waals surface area contributed by atoms with Crippen molar-refractivity contribution < 1.29 is 9.21 Å². The van der Waals surface area contributed by atoms with E-state index in [0.717, 1.165) is 0 Å². The lowest BCUT2D eigenvalue weighted by atomic mass is 10.3. The van der Waals surface area contributed by atoms with Crippen LogP contribution in [0, 0.1) is 6.92 Å². The molecule has 0 aliphatic carbocycles. The van der Waals surface area contributed by atoms with Crippen LogP contribution in [0.5, 0.6) is 0 Å². The molecule has 2 rings (SSSR count). The zero-order valence-corrected chi connectivity index (χ0v) is 9.28. The van der Waals surface area contributed by atoms with Crippen LogP contribution in [0.15, 0.2) is 34.9 Å². The standard InChI is InChI=1S/C11H9ClN2O2/c1-7-13-6-10(16-7)11(15)14-9-4-2-3-8(12)5-9/h2-6H,1H3,(H,14,15). The van der Waals surface area contributed by atoms with E-state index in [9.17, 15) is 4.79 Å². The van der Waals surface area contributed by atoms with Gasteiger partial charge in [0.1, 0.15) is 0 Å². The van der Waals surface area contributed by atoms with E-state index >= 15 is 0 Å². The number of hydrogen-bond acceptors (Lipinski definition) is 3. The van der Waals surface area contributed by atoms with Gasteiger partial charge in [0.2, 0.25) is 5.76 Å². The van der Waals surface area contributed by atoms with Crippen molar-refractivity contribution in [3.63, 3.8) is 0 Å². The first-order valence-electron chi connectivity index (χ1n) is 4.64. The number of anilines is 1. The maximum atomic E-state index is 11.7. The summed E-state index contributed by atoms with van der Waals surface area (Å²) in [7, 11) is 0. The highest BCUT2D eigenvalue weighted by molar-refractivity contribution is 6.30. The van der Waals surface area contributed by atoms with Crippen LogP contribution in [-0.4, -0.2) is 10.9 Å². The van der Waals surface area contributed by atoms with E-state index in [2.05, 4.69) is 10.3 Å². The summed E-state index contributed by atoms with van der Waals surface area (Å²) in [5.74, 6) is 0.289. The number of rotatable bonds is 2. The van der Waals surface area contributed by atoms with Crippen LogP contribution >= 0.6 is 11.6 Å². The van der Waals surface area contributed by atoms with Crippen LogP contribution in [0.1, 0.15) is 16.4 Å². The van der Waals surface area contributed by atoms with Crippen molar-refractivity contribution in [1.29, 1.82) is 0 Å². The molecule has 0 bridgehead atoms. The summed E-state index contributed by atoms with van der Waals surface area (Å²) < 4.78 is 5.09. The lowest BCUT2D eigenvalue weighted by molar-refractivity contribution is 0.0995. The van der Waals surface area contributed by atoms with Gasteiger partial charge in [-0.15, -0.1) is 0 Å². The number of nitrogens with one attached hydrogen (secondary N) is 1. The summed E-state index contributed by atoms with van der Waals surface area (Å²) in [4.78, 5) is 15.5. The molecule has 0 aliphatic heterocycles. The Morgan fingerprint density at radius 3 is 2.94 bits per heavy atom. The number of amides is 1. The van der Waals surface area contributed by atoms with Gasteiger partial charge < -0.3 is 9.73 Å². The molecule has 0 radical (unpaired) electrons. The number of carbonyl (C=O) groups is 1. The average Bonchev–Trinajstić information content (AvgIpc) is 2.65. The minimum absolute atomic E-state index is 0.178. The van der Waals surface area contributed by atoms with Crippen LogP contribution in [0.3, 0.4) is 0 Å². The van der Waals surface area contributed by atoms with Crippen molar-refractivity contribution >= 4 is 23.2 Å². The van der Waals surface area contributed by atoms with Crippen molar-refractivity contribution in [2.24, 2.45) is 0 Å². The molecule has 82 valence electrons. The van der Waals surface area contributed by atoms with Crippen LogP contribution in [0.25, 0.3) is 0 Å². The zero-order chi connectivity index (χ0) is 11.5. The maximum Gasteiger partial charge on any atom is 0.293 e. The van der Waals surface area contributed by atoms with E-state index in [4.69, 9.17) is 16.0 Å². The normalized spacial score (nSPS) is 10.1. The van der Waals surface area contributed by atoms with Crippen molar-refractivity contribution in [3.8, 4) is 0 Å². The van der Waals surface area contributed by atoms with Gasteiger partial charge in [0.25, 0.3) is 5.91 Å². The van der Waals surface area contributed by atoms with Gasteiger partial charge >= 0.3 is 0 Å². The Bertz CT molecular complexity index is 522. The van der Waals surface area contributed by atoms with Gasteiger partial charge in [0.05, 0.1) is 6.20 Å². The number of nitrogens with zero attached hydrogens (tertiary/aromatic N) is 1. The van der Waals surface area contributed by atoms with E-state index in [0.29, 0.717) is 16.6 Å². The van der Waals surface area contributed by atoms with Gasteiger partial charge in [0, 0.05) is 17.6 Å². The maximum absolute atomic E-state index is 11.7. The Hall–Kier alpha value is -1.81. The Kier molecular flexibility index (Phi) is 2.92. The first-order chi connectivity index (χ1) is 7.65. The van der Waals surface area contributed by atoms with Crippen LogP contribution < -0.4 is 5.32 Å². The fourth-order valence-corrected chi connectivity index (χ4v) is 1.42. The molecule has 0 aliphatic rings. The van der Waals surface area contributed by atoms with Crippen molar-refractivity contribution in [2.75, 3.05) is 5.32 Å². The fourth-order valence-electron chi connectivity index (χ4n) is 1.23. The van der Waals surface area contributed by atoms with Crippen LogP contribution in [-0.2, 0) is 0 Å². The second-order valence-electron chi connectivity index (χ2n) is 3.21. The predicted molar refractivity (Wildman–Crippen MR) is 60.6 cm³/mol. The third kappa shape index (κ3) is 2.41. The van der Waals surface area contributed by atoms with E-state index in [1.165, 1.54) is 6.20 Å². The largest absolute Gasteiger partial charge is 0.436 e. The summed E-state index contributed by atoms with van der Waals surface area (Å²) in [6.45, 7) is 1.68. The molecule has 0 saturated heterocycles. The average molecular weight is 237 g/mol. The molecule has 0 atom stereocenters. The molecule has 1 amide bonds. The Morgan fingerprint density at radius 1 is 1.50 bits per heavy atom. The van der Waals surface area contributed by atoms with Gasteiger partial charge in [0.15, 0.2) is 5.89 Å². The fraction of sp³-hybridized carbons (Fsp3) is 0.0909. The van der Waals surface area contributed by atoms with E-state index in [1.54, 1.807) is 31.2 Å². The lowest BCUT2D eigenvalue weighted by Gasteiger charge is -2.02. The van der Waals surface area contributed by atoms with Crippen molar-refractivity contribution in [1.82, 2.24) is 4.98 Å². The van der Waals surface area contributed by atoms with Gasteiger partial charge in [-0.05, 0) is 18.2 Å². The van der Waals surface area contributed by atoms with E-state index in [1.807, 2.05) is 0 Å². The molecule has 1 heterocycles. The third-order valence-corrected chi connectivity index (χ3v) is 2.16. The van der Waals surface area contributed by atoms with Crippen LogP contribution in [0.4, 0.5) is 5.69 Å². The molecular formula is C11H9ClN2O2. The molecular weight excluding hydrogens is 228 g/mol. The molecule has 0 fully saturated rings. The number of oxazole rings is 1. The number of aryl methyl sites for hydroxylation is 1. The highest BCUT2D eigenvalue weighted by Crippen LogP contribution is 2.16. The lowest BCUT2D eigenvalue weighted by Crippen LogP contribution is -2.10. The molecule has 1 N–H and O–H groups in total. The predicted octanol–water partition coefficient (Wildman–Crippen LogP) is 2.89. The van der Waals surface area contributed by atoms with Gasteiger partial charge in [-0.3, -0.25) is 4.79 Å². The molecule has 1 aromatic heterocycles. The van der Waals surface area contributed by atoms with E-state index < -0.39 is 0 Å². The summed E-state index contributed by atoms with van der Waals surface area (Å²) in [6, 6.07) is 6.88. The number of benzene rings is 1. The number of halogens is 1. The van der Waals surface area contributed by atoms with Crippen molar-refractivity contribution in [3.05, 3.63) is 47.1 Å². The van der Waals surface area contributed by atoms with Crippen LogP contribution in [0.2, 0.25) is 5.02 Å². The minimum atomic E-state index is -0.345. The molecule has 5 heteroatoms. The van der Waals surface area contributed by atoms with E-state index in [-0.39, 0.29) is 11.7 Å². The smallest absolute Gasteiger partial charge is 0.293 e. The highest BCUT2D eigenvalue weighted by atomic mass is 35.5. The van der Waals surface area contributed by atoms with Gasteiger partial charge in [-0.25, -0.2) is 4.98 Å². The molecule has 0 spiro atoms. The summed E-state index contributed by atoms with van der Waals surface area (Å²) in [6.07, 6.45) is 1.38. The quantitative estimate of drug-likeness (QED) is 0.872. The Balaban J connectivity index is 2.13. The second kappa shape index (κ2) is 4.37. The molecule has 0 saturated carbocycles. The number of aromatic nitrogens is 1. The zero-order valence-electron chi connectivity index (χ0n) is 8.53. The molecule has 4 nitrogen and oxygen atoms in total. The molecule has 1 aromatic carbocycles. The summed E-state index contributed by atoms with van der Waals surface area (Å²) in [5.41, 5.74) is 0.617. The molecule has 2 aromatic rings. The Morgan fingerprint density at radius 2 is 2.31 bits per heavy atom. The second-order valence-corrected chi connectivity index (χ2v) is 3.64. The molecule has 16 heavy (non-hydrogen) atoms. The SMILES string of the molecule is Cc1ncc(C(=O)Nc2cccc(Cl)c2)o1. The topological polar surface area (TPSA) is 55.1 Å². The number of hydrogen-bond donors (Lipinski definition) is 1. The van der Waals surface area contributed by atoms with Crippen molar-refractivity contribution in [2.45, 2.75) is 6.92 Å². The summed E-state index contributed by atoms with van der Waals surface area (Å²) >= 11 is 5.79.